The minimum atomic E-state index is 0.0968. The van der Waals surface area contributed by atoms with Gasteiger partial charge in [-0.3, -0.25) is 4.79 Å². The first kappa shape index (κ1) is 17.3. The van der Waals surface area contributed by atoms with Crippen LogP contribution in [0.3, 0.4) is 0 Å². The summed E-state index contributed by atoms with van der Waals surface area (Å²) in [7, 11) is 1.63. The maximum absolute atomic E-state index is 12.8. The minimum absolute atomic E-state index is 0.0968. The molecule has 0 N–H and O–H groups in total. The van der Waals surface area contributed by atoms with Crippen LogP contribution in [0.4, 0.5) is 5.69 Å². The van der Waals surface area contributed by atoms with Crippen LogP contribution in [-0.2, 0) is 24.1 Å². The highest BCUT2D eigenvalue weighted by atomic mass is 16.5. The zero-order valence-electron chi connectivity index (χ0n) is 15.4. The van der Waals surface area contributed by atoms with Crippen molar-refractivity contribution in [3.05, 3.63) is 59.5 Å². The number of benzene rings is 2. The van der Waals surface area contributed by atoms with E-state index in [9.17, 15) is 4.79 Å². The zero-order chi connectivity index (χ0) is 18.8. The van der Waals surface area contributed by atoms with E-state index in [-0.39, 0.29) is 5.91 Å². The Morgan fingerprint density at radius 2 is 2.04 bits per heavy atom. The lowest BCUT2D eigenvalue weighted by Crippen LogP contribution is -2.30. The molecule has 6 nitrogen and oxygen atoms in total. The summed E-state index contributed by atoms with van der Waals surface area (Å²) in [6.45, 7) is 2.67. The van der Waals surface area contributed by atoms with E-state index in [4.69, 9.17) is 9.26 Å². The SMILES string of the molecule is CCc1nc(-c2ccc3c(c2)CCN3C(=O)Cc2ccc(OC)cc2)no1. The maximum atomic E-state index is 12.8. The third-order valence-corrected chi connectivity index (χ3v) is 4.82. The topological polar surface area (TPSA) is 68.5 Å². The molecule has 0 saturated heterocycles. The number of fused-ring (bicyclic) bond motifs is 1. The van der Waals surface area contributed by atoms with Crippen LogP contribution in [0.15, 0.2) is 47.0 Å². The average Bonchev–Trinajstić information content (AvgIpc) is 3.35. The van der Waals surface area contributed by atoms with Crippen molar-refractivity contribution in [1.82, 2.24) is 10.1 Å². The molecule has 2 heterocycles. The van der Waals surface area contributed by atoms with E-state index in [1.165, 1.54) is 0 Å². The average molecular weight is 363 g/mol. The fraction of sp³-hybridized carbons (Fsp3) is 0.286. The lowest BCUT2D eigenvalue weighted by molar-refractivity contribution is -0.117. The van der Waals surface area contributed by atoms with Crippen molar-refractivity contribution in [2.75, 3.05) is 18.6 Å². The third kappa shape index (κ3) is 3.43. The molecule has 1 aliphatic rings. The number of nitrogens with zero attached hydrogens (tertiary/aromatic N) is 3. The summed E-state index contributed by atoms with van der Waals surface area (Å²) in [4.78, 5) is 19.0. The van der Waals surface area contributed by atoms with E-state index in [2.05, 4.69) is 16.2 Å². The van der Waals surface area contributed by atoms with E-state index in [0.29, 0.717) is 31.1 Å². The molecule has 1 aromatic heterocycles. The van der Waals surface area contributed by atoms with E-state index in [1.54, 1.807) is 7.11 Å². The summed E-state index contributed by atoms with van der Waals surface area (Å²) in [5.41, 5.74) is 4.00. The molecule has 0 fully saturated rings. The number of aryl methyl sites for hydroxylation is 1. The predicted molar refractivity (Wildman–Crippen MR) is 102 cm³/mol. The quantitative estimate of drug-likeness (QED) is 0.695. The Bertz CT molecular complexity index is 963. The standard InChI is InChI=1S/C21H21N3O3/c1-3-19-22-21(23-27-19)16-6-9-18-15(13-16)10-11-24(18)20(25)12-14-4-7-17(26-2)8-5-14/h4-9,13H,3,10-12H2,1-2H3. The van der Waals surface area contributed by atoms with Gasteiger partial charge in [-0.05, 0) is 47.9 Å². The van der Waals surface area contributed by atoms with E-state index >= 15 is 0 Å². The Balaban J connectivity index is 1.51. The largest absolute Gasteiger partial charge is 0.497 e. The summed E-state index contributed by atoms with van der Waals surface area (Å²) in [5, 5.41) is 4.03. The fourth-order valence-electron chi connectivity index (χ4n) is 3.33. The number of rotatable bonds is 5. The molecule has 1 amide bonds. The van der Waals surface area contributed by atoms with Crippen molar-refractivity contribution in [3.8, 4) is 17.1 Å². The summed E-state index contributed by atoms with van der Waals surface area (Å²) < 4.78 is 10.4. The molecule has 27 heavy (non-hydrogen) atoms. The number of ether oxygens (including phenoxy) is 1. The molecule has 0 spiro atoms. The molecule has 138 valence electrons. The Hall–Kier alpha value is -3.15. The van der Waals surface area contributed by atoms with Gasteiger partial charge < -0.3 is 14.2 Å². The van der Waals surface area contributed by atoms with Gasteiger partial charge in [-0.15, -0.1) is 0 Å². The summed E-state index contributed by atoms with van der Waals surface area (Å²) in [6, 6.07) is 13.6. The molecular formula is C21H21N3O3. The molecule has 4 rings (SSSR count). The van der Waals surface area contributed by atoms with Gasteiger partial charge in [0.1, 0.15) is 5.75 Å². The second-order valence-electron chi connectivity index (χ2n) is 6.53. The van der Waals surface area contributed by atoms with Crippen LogP contribution in [0.25, 0.3) is 11.4 Å². The highest BCUT2D eigenvalue weighted by Crippen LogP contribution is 2.32. The van der Waals surface area contributed by atoms with E-state index < -0.39 is 0 Å². The molecule has 0 unspecified atom stereocenters. The molecule has 3 aromatic rings. The van der Waals surface area contributed by atoms with Gasteiger partial charge in [-0.2, -0.15) is 4.98 Å². The molecule has 2 aromatic carbocycles. The number of hydrogen-bond donors (Lipinski definition) is 0. The van der Waals surface area contributed by atoms with Gasteiger partial charge in [0.15, 0.2) is 0 Å². The van der Waals surface area contributed by atoms with Crippen LogP contribution in [-0.4, -0.2) is 29.7 Å². The van der Waals surface area contributed by atoms with Gasteiger partial charge in [-0.25, -0.2) is 0 Å². The first-order valence-electron chi connectivity index (χ1n) is 9.07. The number of hydrogen-bond acceptors (Lipinski definition) is 5. The monoisotopic (exact) mass is 363 g/mol. The molecule has 0 aliphatic carbocycles. The second-order valence-corrected chi connectivity index (χ2v) is 6.53. The predicted octanol–water partition coefficient (Wildman–Crippen LogP) is 3.44. The van der Waals surface area contributed by atoms with Gasteiger partial charge in [0.05, 0.1) is 13.5 Å². The van der Waals surface area contributed by atoms with Crippen LogP contribution in [0.1, 0.15) is 23.9 Å². The van der Waals surface area contributed by atoms with E-state index in [0.717, 1.165) is 34.5 Å². The second kappa shape index (κ2) is 7.23. The van der Waals surface area contributed by atoms with Crippen LogP contribution in [0, 0.1) is 0 Å². The molecule has 0 saturated carbocycles. The van der Waals surface area contributed by atoms with Gasteiger partial charge in [0.2, 0.25) is 17.6 Å². The Labute approximate surface area is 157 Å². The van der Waals surface area contributed by atoms with Crippen LogP contribution in [0.5, 0.6) is 5.75 Å². The minimum Gasteiger partial charge on any atom is -0.497 e. The number of methoxy groups -OCH3 is 1. The molecular weight excluding hydrogens is 342 g/mol. The van der Waals surface area contributed by atoms with Crippen LogP contribution in [0.2, 0.25) is 0 Å². The third-order valence-electron chi connectivity index (χ3n) is 4.82. The molecule has 6 heteroatoms. The molecule has 0 radical (unpaired) electrons. The highest BCUT2D eigenvalue weighted by Gasteiger charge is 2.25. The lowest BCUT2D eigenvalue weighted by Gasteiger charge is -2.17. The van der Waals surface area contributed by atoms with Crippen molar-refractivity contribution in [2.24, 2.45) is 0 Å². The van der Waals surface area contributed by atoms with Crippen molar-refractivity contribution >= 4 is 11.6 Å². The first-order chi connectivity index (χ1) is 13.2. The van der Waals surface area contributed by atoms with E-state index in [1.807, 2.05) is 48.2 Å². The van der Waals surface area contributed by atoms with Crippen molar-refractivity contribution in [3.63, 3.8) is 0 Å². The number of amides is 1. The summed E-state index contributed by atoms with van der Waals surface area (Å²) in [6.07, 6.45) is 1.91. The number of aromatic nitrogens is 2. The summed E-state index contributed by atoms with van der Waals surface area (Å²) in [5.74, 6) is 2.11. The van der Waals surface area contributed by atoms with Crippen LogP contribution >= 0.6 is 0 Å². The number of carbonyl (C=O) groups is 1. The summed E-state index contributed by atoms with van der Waals surface area (Å²) >= 11 is 0. The Morgan fingerprint density at radius 1 is 1.22 bits per heavy atom. The lowest BCUT2D eigenvalue weighted by atomic mass is 10.1. The van der Waals surface area contributed by atoms with Crippen molar-refractivity contribution in [1.29, 1.82) is 0 Å². The normalized spacial score (nSPS) is 12.9. The Morgan fingerprint density at radius 3 is 2.74 bits per heavy atom. The zero-order valence-corrected chi connectivity index (χ0v) is 15.4. The van der Waals surface area contributed by atoms with Crippen molar-refractivity contribution < 1.29 is 14.1 Å². The first-order valence-corrected chi connectivity index (χ1v) is 9.07. The molecule has 1 aliphatic heterocycles. The molecule has 0 bridgehead atoms. The Kier molecular flexibility index (Phi) is 4.62. The fourth-order valence-corrected chi connectivity index (χ4v) is 3.33. The smallest absolute Gasteiger partial charge is 0.231 e. The maximum Gasteiger partial charge on any atom is 0.231 e. The van der Waals surface area contributed by atoms with Gasteiger partial charge in [0, 0.05) is 24.2 Å². The van der Waals surface area contributed by atoms with Crippen LogP contribution < -0.4 is 9.64 Å². The highest BCUT2D eigenvalue weighted by molar-refractivity contribution is 5.97. The van der Waals surface area contributed by atoms with Gasteiger partial charge >= 0.3 is 0 Å². The number of anilines is 1. The van der Waals surface area contributed by atoms with Gasteiger partial charge in [-0.1, -0.05) is 24.2 Å². The van der Waals surface area contributed by atoms with Crippen molar-refractivity contribution in [2.45, 2.75) is 26.2 Å². The number of carbonyl (C=O) groups excluding carboxylic acids is 1. The molecule has 0 atom stereocenters. The van der Waals surface area contributed by atoms with Gasteiger partial charge in [0.25, 0.3) is 0 Å².